The van der Waals surface area contributed by atoms with Gasteiger partial charge in [-0.2, -0.15) is 0 Å². The molecule has 2 unspecified atom stereocenters. The maximum absolute atomic E-state index is 13.8. The molecule has 4 amide bonds. The number of carbonyl (C=O) groups is 3. The summed E-state index contributed by atoms with van der Waals surface area (Å²) in [5.41, 5.74) is 2.16. The molecule has 2 aromatic rings. The fourth-order valence-electron chi connectivity index (χ4n) is 5.39. The van der Waals surface area contributed by atoms with Gasteiger partial charge in [-0.1, -0.05) is 94.8 Å². The van der Waals surface area contributed by atoms with Gasteiger partial charge < -0.3 is 15.1 Å². The number of urea groups is 1. The number of rotatable bonds is 8. The number of fused-ring (bicyclic) bond motifs is 1. The van der Waals surface area contributed by atoms with Crippen molar-refractivity contribution in [3.63, 3.8) is 0 Å². The van der Waals surface area contributed by atoms with E-state index in [1.165, 1.54) is 0 Å². The topological polar surface area (TPSA) is 76.2 Å². The van der Waals surface area contributed by atoms with Crippen molar-refractivity contribution < 1.29 is 14.4 Å². The van der Waals surface area contributed by atoms with E-state index in [9.17, 15) is 14.4 Å². The molecule has 2 aliphatic rings. The zero-order valence-electron chi connectivity index (χ0n) is 22.3. The van der Waals surface area contributed by atoms with Gasteiger partial charge in [-0.15, -0.1) is 0 Å². The minimum atomic E-state index is -0.595. The molecule has 8 nitrogen and oxygen atoms in total. The van der Waals surface area contributed by atoms with E-state index in [-0.39, 0.29) is 42.8 Å². The molecule has 0 spiro atoms. The third-order valence-electron chi connectivity index (χ3n) is 7.67. The Hall–Kier alpha value is -3.39. The van der Waals surface area contributed by atoms with Crippen LogP contribution >= 0.6 is 0 Å². The summed E-state index contributed by atoms with van der Waals surface area (Å²) >= 11 is 0. The van der Waals surface area contributed by atoms with Crippen LogP contribution in [-0.2, 0) is 16.1 Å². The molecule has 2 aliphatic heterocycles. The Morgan fingerprint density at radius 3 is 2.27 bits per heavy atom. The first-order valence-corrected chi connectivity index (χ1v) is 13.4. The van der Waals surface area contributed by atoms with Crippen molar-refractivity contribution in [1.29, 1.82) is 0 Å². The van der Waals surface area contributed by atoms with Crippen molar-refractivity contribution in [1.82, 2.24) is 25.1 Å². The van der Waals surface area contributed by atoms with Crippen molar-refractivity contribution in [2.45, 2.75) is 58.8 Å². The number of nitrogens with one attached hydrogen (secondary N) is 1. The van der Waals surface area contributed by atoms with Crippen LogP contribution in [-0.4, -0.2) is 76.0 Å². The van der Waals surface area contributed by atoms with E-state index in [4.69, 9.17) is 0 Å². The average molecular weight is 506 g/mol. The molecule has 0 aliphatic carbocycles. The van der Waals surface area contributed by atoms with Crippen molar-refractivity contribution in [3.05, 3.63) is 71.8 Å². The van der Waals surface area contributed by atoms with Crippen LogP contribution < -0.4 is 5.32 Å². The quantitative estimate of drug-likeness (QED) is 0.594. The standard InChI is InChI=1S/C29H39N5O3/c1-5-21(3)27-28(36)31(18-22(4)24-15-11-8-12-16-24)19-25-33(27)26(35)20-32(6-2)34(25)29(37)30-17-23-13-9-7-10-14-23/h7-16,21-22,25,27H,5-6,17-20H2,1-4H3,(H,30,37)/t21?,22?,25-,27-/m0/s1. The average Bonchev–Trinajstić information content (AvgIpc) is 2.92. The molecule has 198 valence electrons. The Labute approximate surface area is 220 Å². The Morgan fingerprint density at radius 1 is 1.00 bits per heavy atom. The fourth-order valence-corrected chi connectivity index (χ4v) is 5.39. The van der Waals surface area contributed by atoms with Gasteiger partial charge in [-0.3, -0.25) is 9.59 Å². The van der Waals surface area contributed by atoms with Crippen molar-refractivity contribution in [2.24, 2.45) is 5.92 Å². The highest BCUT2D eigenvalue weighted by atomic mass is 16.2. The molecular weight excluding hydrogens is 466 g/mol. The minimum Gasteiger partial charge on any atom is -0.336 e. The Balaban J connectivity index is 1.63. The highest BCUT2D eigenvalue weighted by Crippen LogP contribution is 2.32. The summed E-state index contributed by atoms with van der Waals surface area (Å²) < 4.78 is 0. The number of amides is 4. The second-order valence-electron chi connectivity index (χ2n) is 10.1. The van der Waals surface area contributed by atoms with Gasteiger partial charge in [0.25, 0.3) is 0 Å². The van der Waals surface area contributed by atoms with E-state index in [1.54, 1.807) is 14.9 Å². The number of hydrogen-bond donors (Lipinski definition) is 1. The molecular formula is C29H39N5O3. The van der Waals surface area contributed by atoms with Gasteiger partial charge in [0.15, 0.2) is 0 Å². The summed E-state index contributed by atoms with van der Waals surface area (Å²) in [5, 5.41) is 6.51. The highest BCUT2D eigenvalue weighted by molar-refractivity contribution is 5.91. The number of likely N-dealkylation sites (N-methyl/N-ethyl adjacent to an activating group) is 1. The van der Waals surface area contributed by atoms with E-state index in [0.717, 1.165) is 17.5 Å². The van der Waals surface area contributed by atoms with E-state index in [0.29, 0.717) is 19.6 Å². The molecule has 0 radical (unpaired) electrons. The first-order chi connectivity index (χ1) is 17.8. The Kier molecular flexibility index (Phi) is 8.48. The summed E-state index contributed by atoms with van der Waals surface area (Å²) in [5.74, 6) is -0.0444. The molecule has 2 aromatic carbocycles. The summed E-state index contributed by atoms with van der Waals surface area (Å²) in [6.45, 7) is 9.89. The molecule has 2 saturated heterocycles. The van der Waals surface area contributed by atoms with Crippen LogP contribution in [0.5, 0.6) is 0 Å². The molecule has 0 bridgehead atoms. The smallest absolute Gasteiger partial charge is 0.334 e. The SMILES string of the molecule is CCC(C)[C@H]1C(=O)N(CC(C)c2ccccc2)C[C@H]2N1C(=O)CN(CC)N2C(=O)NCc1ccccc1. The molecule has 4 atom stereocenters. The maximum atomic E-state index is 13.8. The molecule has 2 heterocycles. The third-order valence-corrected chi connectivity index (χ3v) is 7.67. The minimum absolute atomic E-state index is 0.0312. The van der Waals surface area contributed by atoms with Crippen LogP contribution in [0.4, 0.5) is 4.79 Å². The van der Waals surface area contributed by atoms with E-state index >= 15 is 0 Å². The van der Waals surface area contributed by atoms with Gasteiger partial charge in [-0.25, -0.2) is 14.8 Å². The lowest BCUT2D eigenvalue weighted by Gasteiger charge is -2.56. The first-order valence-electron chi connectivity index (χ1n) is 13.4. The molecule has 37 heavy (non-hydrogen) atoms. The van der Waals surface area contributed by atoms with Crippen LogP contribution in [0.25, 0.3) is 0 Å². The van der Waals surface area contributed by atoms with Gasteiger partial charge in [-0.05, 0) is 23.0 Å². The van der Waals surface area contributed by atoms with Crippen LogP contribution in [0, 0.1) is 5.92 Å². The lowest BCUT2D eigenvalue weighted by atomic mass is 9.91. The zero-order valence-corrected chi connectivity index (χ0v) is 22.3. The lowest BCUT2D eigenvalue weighted by Crippen LogP contribution is -2.77. The summed E-state index contributed by atoms with van der Waals surface area (Å²) in [6, 6.07) is 19.0. The van der Waals surface area contributed by atoms with Gasteiger partial charge in [0.05, 0.1) is 13.1 Å². The van der Waals surface area contributed by atoms with Crippen molar-refractivity contribution in [2.75, 3.05) is 26.2 Å². The van der Waals surface area contributed by atoms with Gasteiger partial charge in [0.2, 0.25) is 11.8 Å². The van der Waals surface area contributed by atoms with Gasteiger partial charge >= 0.3 is 6.03 Å². The largest absolute Gasteiger partial charge is 0.336 e. The predicted octanol–water partition coefficient (Wildman–Crippen LogP) is 3.66. The highest BCUT2D eigenvalue weighted by Gasteiger charge is 2.52. The van der Waals surface area contributed by atoms with E-state index < -0.39 is 12.2 Å². The second kappa shape index (κ2) is 11.8. The van der Waals surface area contributed by atoms with Crippen molar-refractivity contribution >= 4 is 17.8 Å². The summed E-state index contributed by atoms with van der Waals surface area (Å²) in [7, 11) is 0. The number of piperazine rings is 1. The molecule has 2 fully saturated rings. The number of carbonyl (C=O) groups excluding carboxylic acids is 3. The van der Waals surface area contributed by atoms with Crippen molar-refractivity contribution in [3.8, 4) is 0 Å². The van der Waals surface area contributed by atoms with Gasteiger partial charge in [0.1, 0.15) is 12.2 Å². The maximum Gasteiger partial charge on any atom is 0.334 e. The molecule has 0 saturated carbocycles. The fraction of sp³-hybridized carbons (Fsp3) is 0.483. The van der Waals surface area contributed by atoms with Crippen LogP contribution in [0.3, 0.4) is 0 Å². The molecule has 4 rings (SSSR count). The van der Waals surface area contributed by atoms with E-state index in [2.05, 4.69) is 24.4 Å². The number of hydrazine groups is 1. The molecule has 8 heteroatoms. The predicted molar refractivity (Wildman–Crippen MR) is 143 cm³/mol. The number of benzene rings is 2. The monoisotopic (exact) mass is 505 g/mol. The molecule has 1 N–H and O–H groups in total. The van der Waals surface area contributed by atoms with Crippen LogP contribution in [0.15, 0.2) is 60.7 Å². The lowest BCUT2D eigenvalue weighted by molar-refractivity contribution is -0.193. The zero-order chi connectivity index (χ0) is 26.5. The summed E-state index contributed by atoms with van der Waals surface area (Å²) in [4.78, 5) is 44.4. The summed E-state index contributed by atoms with van der Waals surface area (Å²) in [6.07, 6.45) is 0.198. The van der Waals surface area contributed by atoms with Crippen LogP contribution in [0.2, 0.25) is 0 Å². The Bertz CT molecular complexity index is 1080. The van der Waals surface area contributed by atoms with Gasteiger partial charge in [0, 0.05) is 19.6 Å². The first kappa shape index (κ1) is 26.7. The normalized spacial score (nSPS) is 22.0. The van der Waals surface area contributed by atoms with E-state index in [1.807, 2.05) is 74.2 Å². The number of nitrogens with zero attached hydrogens (tertiary/aromatic N) is 4. The van der Waals surface area contributed by atoms with Crippen LogP contribution in [0.1, 0.15) is 51.2 Å². The second-order valence-corrected chi connectivity index (χ2v) is 10.1. The third kappa shape index (κ3) is 5.64. The molecule has 0 aromatic heterocycles. The number of hydrogen-bond acceptors (Lipinski definition) is 4. The Morgan fingerprint density at radius 2 is 1.65 bits per heavy atom.